The van der Waals surface area contributed by atoms with Crippen molar-refractivity contribution in [1.29, 1.82) is 0 Å². The van der Waals surface area contributed by atoms with Gasteiger partial charge in [0.15, 0.2) is 12.7 Å². The summed E-state index contributed by atoms with van der Waals surface area (Å²) in [6.07, 6.45) is 8.56. The van der Waals surface area contributed by atoms with Crippen molar-refractivity contribution < 1.29 is 4.57 Å². The highest BCUT2D eigenvalue weighted by Crippen LogP contribution is 2.19. The first-order chi connectivity index (χ1) is 11.3. The number of rotatable bonds is 5. The molecule has 0 radical (unpaired) electrons. The molecule has 0 aliphatic heterocycles. The number of para-hydroxylation sites is 1. The van der Waals surface area contributed by atoms with Crippen LogP contribution in [-0.2, 0) is 6.54 Å². The van der Waals surface area contributed by atoms with Crippen molar-refractivity contribution in [1.82, 2.24) is 0 Å². The van der Waals surface area contributed by atoms with Crippen LogP contribution in [0.5, 0.6) is 0 Å². The summed E-state index contributed by atoms with van der Waals surface area (Å²) < 4.78 is 2.21. The molecule has 116 valence electrons. The number of pyridine rings is 1. The molecule has 2 nitrogen and oxygen atoms in total. The fourth-order valence-electron chi connectivity index (χ4n) is 2.69. The standard InChI is InChI=1S/C20H21N2S/c1-23-18-10-7-16(8-11-18)6-9-17-12-14-22(15-13-21)20-5-3-2-4-19(17)20/h2-12,14H,13,15,21H2,1H3/q+1/b9-6+. The highest BCUT2D eigenvalue weighted by molar-refractivity contribution is 7.98. The Labute approximate surface area is 141 Å². The molecule has 0 aliphatic carbocycles. The van der Waals surface area contributed by atoms with Gasteiger partial charge in [-0.15, -0.1) is 11.8 Å². The number of hydrogen-bond donors (Lipinski definition) is 1. The quantitative estimate of drug-likeness (QED) is 0.569. The molecule has 1 aromatic heterocycles. The first-order valence-electron chi connectivity index (χ1n) is 7.75. The Kier molecular flexibility index (Phi) is 5.11. The molecular formula is C20H21N2S+. The minimum atomic E-state index is 0.644. The van der Waals surface area contributed by atoms with Gasteiger partial charge in [0.2, 0.25) is 5.52 Å². The van der Waals surface area contributed by atoms with E-state index in [0.29, 0.717) is 6.54 Å². The topological polar surface area (TPSA) is 29.9 Å². The van der Waals surface area contributed by atoms with Gasteiger partial charge in [0.1, 0.15) is 0 Å². The predicted molar refractivity (Wildman–Crippen MR) is 100 cm³/mol. The maximum absolute atomic E-state index is 5.71. The van der Waals surface area contributed by atoms with Crippen molar-refractivity contribution in [2.75, 3.05) is 12.8 Å². The van der Waals surface area contributed by atoms with Crippen LogP contribution in [0, 0.1) is 0 Å². The van der Waals surface area contributed by atoms with Crippen molar-refractivity contribution in [3.8, 4) is 0 Å². The van der Waals surface area contributed by atoms with E-state index in [1.54, 1.807) is 11.8 Å². The Hall–Kier alpha value is -2.10. The normalized spacial score (nSPS) is 11.4. The van der Waals surface area contributed by atoms with Crippen LogP contribution in [0.25, 0.3) is 23.1 Å². The second kappa shape index (κ2) is 7.44. The molecule has 0 bridgehead atoms. The zero-order valence-corrected chi connectivity index (χ0v) is 14.1. The molecule has 3 heteroatoms. The van der Waals surface area contributed by atoms with Crippen LogP contribution in [0.1, 0.15) is 11.1 Å². The molecule has 3 aromatic rings. The Morgan fingerprint density at radius 2 is 1.78 bits per heavy atom. The molecular weight excluding hydrogens is 300 g/mol. The van der Waals surface area contributed by atoms with Crippen LogP contribution >= 0.6 is 11.8 Å². The summed E-state index contributed by atoms with van der Waals surface area (Å²) in [4.78, 5) is 1.29. The third kappa shape index (κ3) is 3.63. The summed E-state index contributed by atoms with van der Waals surface area (Å²) in [5, 5.41) is 1.25. The Morgan fingerprint density at radius 3 is 2.52 bits per heavy atom. The lowest BCUT2D eigenvalue weighted by Gasteiger charge is -2.03. The van der Waals surface area contributed by atoms with Gasteiger partial charge in [-0.1, -0.05) is 36.4 Å². The van der Waals surface area contributed by atoms with E-state index in [9.17, 15) is 0 Å². The summed E-state index contributed by atoms with van der Waals surface area (Å²) in [7, 11) is 0. The van der Waals surface area contributed by atoms with Gasteiger partial charge in [0, 0.05) is 17.0 Å². The first-order valence-corrected chi connectivity index (χ1v) is 8.97. The molecule has 3 rings (SSSR count). The van der Waals surface area contributed by atoms with Gasteiger partial charge in [0.05, 0.1) is 11.9 Å². The summed E-state index contributed by atoms with van der Waals surface area (Å²) >= 11 is 1.76. The van der Waals surface area contributed by atoms with E-state index < -0.39 is 0 Å². The summed E-state index contributed by atoms with van der Waals surface area (Å²) in [5.41, 5.74) is 9.37. The largest absolute Gasteiger partial charge is 0.325 e. The minimum absolute atomic E-state index is 0.644. The molecule has 23 heavy (non-hydrogen) atoms. The van der Waals surface area contributed by atoms with Crippen LogP contribution in [0.3, 0.4) is 0 Å². The van der Waals surface area contributed by atoms with E-state index in [0.717, 1.165) is 6.54 Å². The molecule has 0 saturated heterocycles. The van der Waals surface area contributed by atoms with E-state index >= 15 is 0 Å². The molecule has 2 aromatic carbocycles. The van der Waals surface area contributed by atoms with Crippen molar-refractivity contribution in [2.24, 2.45) is 5.73 Å². The fourth-order valence-corrected chi connectivity index (χ4v) is 3.10. The van der Waals surface area contributed by atoms with Gasteiger partial charge in [-0.25, -0.2) is 0 Å². The molecule has 0 atom stereocenters. The molecule has 1 heterocycles. The van der Waals surface area contributed by atoms with Crippen LogP contribution in [-0.4, -0.2) is 12.8 Å². The smallest absolute Gasteiger partial charge is 0.213 e. The summed E-state index contributed by atoms with van der Waals surface area (Å²) in [6.45, 7) is 1.48. The third-order valence-electron chi connectivity index (χ3n) is 3.90. The van der Waals surface area contributed by atoms with Crippen LogP contribution in [0.2, 0.25) is 0 Å². The SMILES string of the molecule is CSc1ccc(/C=C/c2cc[n+](CCN)c3ccccc23)cc1. The number of nitrogens with two attached hydrogens (primary N) is 1. The second-order valence-corrected chi connectivity index (χ2v) is 6.26. The summed E-state index contributed by atoms with van der Waals surface area (Å²) in [5.74, 6) is 0. The Balaban J connectivity index is 1.96. The lowest BCUT2D eigenvalue weighted by atomic mass is 10.1. The van der Waals surface area contributed by atoms with Crippen LogP contribution < -0.4 is 10.3 Å². The highest BCUT2D eigenvalue weighted by Gasteiger charge is 2.09. The fraction of sp³-hybridized carbons (Fsp3) is 0.150. The lowest BCUT2D eigenvalue weighted by Crippen LogP contribution is -2.37. The first kappa shape index (κ1) is 15.8. The van der Waals surface area contributed by atoms with Crippen LogP contribution in [0.4, 0.5) is 0 Å². The van der Waals surface area contributed by atoms with Crippen molar-refractivity contribution in [3.63, 3.8) is 0 Å². The number of fused-ring (bicyclic) bond motifs is 1. The molecule has 0 aliphatic rings. The van der Waals surface area contributed by atoms with Gasteiger partial charge in [-0.3, -0.25) is 0 Å². The number of benzene rings is 2. The number of aromatic nitrogens is 1. The Bertz CT molecular complexity index is 823. The number of hydrogen-bond acceptors (Lipinski definition) is 2. The minimum Gasteiger partial charge on any atom is -0.325 e. The van der Waals surface area contributed by atoms with Crippen LogP contribution in [0.15, 0.2) is 65.7 Å². The van der Waals surface area contributed by atoms with Crippen molar-refractivity contribution in [2.45, 2.75) is 11.4 Å². The van der Waals surface area contributed by atoms with Gasteiger partial charge in [0.25, 0.3) is 0 Å². The molecule has 2 N–H and O–H groups in total. The number of nitrogens with zero attached hydrogens (tertiary/aromatic N) is 1. The average Bonchev–Trinajstić information content (AvgIpc) is 2.62. The van der Waals surface area contributed by atoms with E-state index in [1.807, 2.05) is 0 Å². The monoisotopic (exact) mass is 321 g/mol. The van der Waals surface area contributed by atoms with Gasteiger partial charge in [-0.05, 0) is 35.6 Å². The second-order valence-electron chi connectivity index (χ2n) is 5.38. The maximum atomic E-state index is 5.71. The molecule has 0 fully saturated rings. The highest BCUT2D eigenvalue weighted by atomic mass is 32.2. The Morgan fingerprint density at radius 1 is 1.00 bits per heavy atom. The molecule has 0 saturated carbocycles. The predicted octanol–water partition coefficient (Wildman–Crippen LogP) is 3.98. The van der Waals surface area contributed by atoms with Crippen molar-refractivity contribution in [3.05, 3.63) is 71.9 Å². The molecule has 0 amide bonds. The van der Waals surface area contributed by atoms with Gasteiger partial charge < -0.3 is 5.73 Å². The van der Waals surface area contributed by atoms with Crippen molar-refractivity contribution >= 4 is 34.8 Å². The average molecular weight is 321 g/mol. The van der Waals surface area contributed by atoms with E-state index in [4.69, 9.17) is 5.73 Å². The molecule has 0 unspecified atom stereocenters. The number of thioether (sulfide) groups is 1. The molecule has 0 spiro atoms. The zero-order valence-electron chi connectivity index (χ0n) is 13.3. The maximum Gasteiger partial charge on any atom is 0.213 e. The van der Waals surface area contributed by atoms with E-state index in [1.165, 1.54) is 26.9 Å². The van der Waals surface area contributed by atoms with Gasteiger partial charge >= 0.3 is 0 Å². The van der Waals surface area contributed by atoms with Gasteiger partial charge in [-0.2, -0.15) is 4.57 Å². The van der Waals surface area contributed by atoms with E-state index in [-0.39, 0.29) is 0 Å². The van der Waals surface area contributed by atoms with E-state index in [2.05, 4.69) is 83.8 Å². The lowest BCUT2D eigenvalue weighted by molar-refractivity contribution is -0.668. The summed E-state index contributed by atoms with van der Waals surface area (Å²) in [6, 6.07) is 19.2. The third-order valence-corrected chi connectivity index (χ3v) is 4.64. The zero-order chi connectivity index (χ0) is 16.1.